The van der Waals surface area contributed by atoms with Crippen molar-refractivity contribution in [1.29, 1.82) is 0 Å². The van der Waals surface area contributed by atoms with Gasteiger partial charge in [0.25, 0.3) is 0 Å². The zero-order valence-corrected chi connectivity index (χ0v) is 8.83. The summed E-state index contributed by atoms with van der Waals surface area (Å²) in [4.78, 5) is 0.615. The fourth-order valence-corrected chi connectivity index (χ4v) is 1.86. The topological polar surface area (TPSA) is 46.0 Å². The summed E-state index contributed by atoms with van der Waals surface area (Å²) in [7, 11) is 0. The molecule has 0 bridgehead atoms. The molecule has 0 fully saturated rings. The molecule has 5 heteroatoms. The summed E-state index contributed by atoms with van der Waals surface area (Å²) in [5.74, 6) is -0.355. The van der Waals surface area contributed by atoms with Crippen LogP contribution in [0.25, 0.3) is 0 Å². The van der Waals surface area contributed by atoms with Crippen molar-refractivity contribution in [2.75, 3.05) is 0 Å². The predicted octanol–water partition coefficient (Wildman–Crippen LogP) is 2.07. The average molecular weight is 224 g/mol. The van der Waals surface area contributed by atoms with E-state index in [4.69, 9.17) is 0 Å². The van der Waals surface area contributed by atoms with Crippen molar-refractivity contribution in [3.63, 3.8) is 0 Å². The van der Waals surface area contributed by atoms with Crippen LogP contribution in [0.2, 0.25) is 0 Å². The number of hydrogen-bond acceptors (Lipinski definition) is 4. The summed E-state index contributed by atoms with van der Waals surface area (Å²) in [6.45, 7) is 1.83. The van der Waals surface area contributed by atoms with E-state index < -0.39 is 6.10 Å². The van der Waals surface area contributed by atoms with Crippen LogP contribution in [0, 0.1) is 12.7 Å². The molecule has 0 spiro atoms. The lowest BCUT2D eigenvalue weighted by molar-refractivity contribution is 0.222. The number of aliphatic hydroxyl groups is 1. The van der Waals surface area contributed by atoms with E-state index in [1.807, 2.05) is 6.92 Å². The molecular formula is C10H9FN2OS. The van der Waals surface area contributed by atoms with Gasteiger partial charge in [0, 0.05) is 0 Å². The van der Waals surface area contributed by atoms with E-state index in [2.05, 4.69) is 9.59 Å². The van der Waals surface area contributed by atoms with Gasteiger partial charge >= 0.3 is 0 Å². The predicted molar refractivity (Wildman–Crippen MR) is 55.1 cm³/mol. The molecule has 1 aromatic heterocycles. The van der Waals surface area contributed by atoms with Crippen LogP contribution in [0.4, 0.5) is 4.39 Å². The highest BCUT2D eigenvalue weighted by molar-refractivity contribution is 7.05. The highest BCUT2D eigenvalue weighted by Crippen LogP contribution is 2.26. The van der Waals surface area contributed by atoms with Crippen LogP contribution in [0.3, 0.4) is 0 Å². The Bertz CT molecular complexity index is 458. The van der Waals surface area contributed by atoms with Crippen molar-refractivity contribution in [3.05, 3.63) is 46.2 Å². The number of aromatic nitrogens is 2. The summed E-state index contributed by atoms with van der Waals surface area (Å²) in [5.41, 5.74) is 1.40. The second-order valence-corrected chi connectivity index (χ2v) is 4.04. The highest BCUT2D eigenvalue weighted by Gasteiger charge is 2.15. The third-order valence-corrected chi connectivity index (χ3v) is 2.90. The second kappa shape index (κ2) is 4.04. The van der Waals surface area contributed by atoms with Gasteiger partial charge in [-0.15, -0.1) is 5.10 Å². The maximum atomic E-state index is 13.0. The zero-order chi connectivity index (χ0) is 10.8. The second-order valence-electron chi connectivity index (χ2n) is 3.22. The Morgan fingerprint density at radius 3 is 2.93 bits per heavy atom. The average Bonchev–Trinajstić information content (AvgIpc) is 2.74. The molecule has 1 atom stereocenters. The Balaban J connectivity index is 2.41. The van der Waals surface area contributed by atoms with Gasteiger partial charge in [-0.25, -0.2) is 4.39 Å². The van der Waals surface area contributed by atoms with Crippen molar-refractivity contribution >= 4 is 11.5 Å². The molecule has 1 aromatic carbocycles. The molecule has 0 saturated heterocycles. The van der Waals surface area contributed by atoms with Gasteiger partial charge in [-0.1, -0.05) is 10.6 Å². The van der Waals surface area contributed by atoms with Crippen LogP contribution < -0.4 is 0 Å². The summed E-state index contributed by atoms with van der Waals surface area (Å²) in [6.07, 6.45) is 0.639. The molecule has 0 radical (unpaired) electrons. The minimum Gasteiger partial charge on any atom is -0.383 e. The molecule has 0 aliphatic rings. The fourth-order valence-electron chi connectivity index (χ4n) is 1.35. The Labute approximate surface area is 90.4 Å². The monoisotopic (exact) mass is 224 g/mol. The number of aliphatic hydroxyl groups excluding tert-OH is 1. The van der Waals surface area contributed by atoms with E-state index in [-0.39, 0.29) is 5.82 Å². The van der Waals surface area contributed by atoms with Crippen molar-refractivity contribution in [3.8, 4) is 0 Å². The Morgan fingerprint density at radius 2 is 2.27 bits per heavy atom. The molecule has 0 aliphatic heterocycles. The zero-order valence-electron chi connectivity index (χ0n) is 8.01. The first-order valence-corrected chi connectivity index (χ1v) is 5.17. The van der Waals surface area contributed by atoms with Crippen molar-refractivity contribution in [2.24, 2.45) is 0 Å². The van der Waals surface area contributed by atoms with Gasteiger partial charge in [0.05, 0.1) is 11.1 Å². The Morgan fingerprint density at radius 1 is 1.47 bits per heavy atom. The van der Waals surface area contributed by atoms with Gasteiger partial charge < -0.3 is 5.11 Å². The van der Waals surface area contributed by atoms with Crippen molar-refractivity contribution < 1.29 is 9.50 Å². The molecule has 1 unspecified atom stereocenters. The van der Waals surface area contributed by atoms with Crippen LogP contribution >= 0.6 is 11.5 Å². The lowest BCUT2D eigenvalue weighted by Crippen LogP contribution is -2.00. The molecule has 2 aromatic rings. The number of aryl methyl sites for hydroxylation is 1. The Hall–Kier alpha value is -1.33. The first-order valence-electron chi connectivity index (χ1n) is 4.40. The smallest absolute Gasteiger partial charge is 0.123 e. The van der Waals surface area contributed by atoms with E-state index in [0.717, 1.165) is 17.1 Å². The quantitative estimate of drug-likeness (QED) is 0.849. The molecule has 2 rings (SSSR count). The van der Waals surface area contributed by atoms with Crippen molar-refractivity contribution in [1.82, 2.24) is 9.59 Å². The molecule has 1 heterocycles. The number of halogens is 1. The normalized spacial score (nSPS) is 12.7. The van der Waals surface area contributed by atoms with Gasteiger partial charge in [-0.3, -0.25) is 0 Å². The lowest BCUT2D eigenvalue weighted by Gasteiger charge is -2.10. The first kappa shape index (κ1) is 10.2. The molecular weight excluding hydrogens is 215 g/mol. The third kappa shape index (κ3) is 2.03. The van der Waals surface area contributed by atoms with E-state index >= 15 is 0 Å². The maximum absolute atomic E-state index is 13.0. The van der Waals surface area contributed by atoms with E-state index in [0.29, 0.717) is 10.4 Å². The third-order valence-electron chi connectivity index (χ3n) is 2.18. The SMILES string of the molecule is Cc1ccc(F)cc1C(O)c1cnns1. The van der Waals surface area contributed by atoms with E-state index in [1.165, 1.54) is 18.3 Å². The molecule has 0 aliphatic carbocycles. The van der Waals surface area contributed by atoms with Crippen molar-refractivity contribution in [2.45, 2.75) is 13.0 Å². The summed E-state index contributed by atoms with van der Waals surface area (Å²) in [6, 6.07) is 4.35. The molecule has 0 amide bonds. The van der Waals surface area contributed by atoms with Gasteiger partial charge in [0.2, 0.25) is 0 Å². The fraction of sp³-hybridized carbons (Fsp3) is 0.200. The van der Waals surface area contributed by atoms with Gasteiger partial charge in [-0.05, 0) is 41.7 Å². The number of benzene rings is 1. The van der Waals surface area contributed by atoms with Crippen LogP contribution in [-0.2, 0) is 0 Å². The molecule has 1 N–H and O–H groups in total. The maximum Gasteiger partial charge on any atom is 0.123 e. The van der Waals surface area contributed by atoms with Gasteiger partial charge in [-0.2, -0.15) is 0 Å². The van der Waals surface area contributed by atoms with Crippen LogP contribution in [0.5, 0.6) is 0 Å². The van der Waals surface area contributed by atoms with Gasteiger partial charge in [0.15, 0.2) is 0 Å². The molecule has 3 nitrogen and oxygen atoms in total. The minimum atomic E-state index is -0.847. The highest BCUT2D eigenvalue weighted by atomic mass is 32.1. The standard InChI is InChI=1S/C10H9FN2OS/c1-6-2-3-7(11)4-8(6)10(14)9-5-12-13-15-9/h2-5,10,14H,1H3. The van der Waals surface area contributed by atoms with E-state index in [1.54, 1.807) is 6.07 Å². The van der Waals surface area contributed by atoms with Gasteiger partial charge in [0.1, 0.15) is 11.9 Å². The van der Waals surface area contributed by atoms with E-state index in [9.17, 15) is 9.50 Å². The minimum absolute atomic E-state index is 0.355. The molecule has 15 heavy (non-hydrogen) atoms. The number of nitrogens with zero attached hydrogens (tertiary/aromatic N) is 2. The largest absolute Gasteiger partial charge is 0.383 e. The summed E-state index contributed by atoms with van der Waals surface area (Å²) < 4.78 is 16.7. The van der Waals surface area contributed by atoms with Crippen LogP contribution in [0.1, 0.15) is 22.1 Å². The van der Waals surface area contributed by atoms with Crippen LogP contribution in [-0.4, -0.2) is 14.7 Å². The number of hydrogen-bond donors (Lipinski definition) is 1. The lowest BCUT2D eigenvalue weighted by atomic mass is 10.0. The molecule has 78 valence electrons. The number of rotatable bonds is 2. The summed E-state index contributed by atoms with van der Waals surface area (Å²) >= 11 is 1.11. The Kier molecular flexibility index (Phi) is 2.75. The van der Waals surface area contributed by atoms with Crippen LogP contribution in [0.15, 0.2) is 24.4 Å². The summed E-state index contributed by atoms with van der Waals surface area (Å²) in [5, 5.41) is 13.6. The first-order chi connectivity index (χ1) is 7.18. The molecule has 0 saturated carbocycles.